The summed E-state index contributed by atoms with van der Waals surface area (Å²) in [6.45, 7) is 3.84. The standard InChI is InChI=1S/C13H21NO2S/c1-5-11-6-8-12(9-7-11)13(14-3)10(2)17(4,15)16/h6-10,13-14H,5H2,1-4H3. The molecule has 0 heterocycles. The van der Waals surface area contributed by atoms with E-state index < -0.39 is 15.1 Å². The van der Waals surface area contributed by atoms with Crippen molar-refractivity contribution in [1.29, 1.82) is 0 Å². The number of hydrogen-bond acceptors (Lipinski definition) is 3. The SMILES string of the molecule is CCc1ccc(C(NC)C(C)S(C)(=O)=O)cc1. The third kappa shape index (κ3) is 3.54. The van der Waals surface area contributed by atoms with E-state index in [1.807, 2.05) is 12.1 Å². The average Bonchev–Trinajstić information content (AvgIpc) is 2.29. The predicted octanol–water partition coefficient (Wildman–Crippen LogP) is 1.94. The van der Waals surface area contributed by atoms with Crippen molar-refractivity contribution in [2.24, 2.45) is 0 Å². The molecule has 0 bridgehead atoms. The molecule has 1 aromatic carbocycles. The Kier molecular flexibility index (Phi) is 4.71. The van der Waals surface area contributed by atoms with Crippen LogP contribution in [0.3, 0.4) is 0 Å². The second kappa shape index (κ2) is 5.65. The van der Waals surface area contributed by atoms with Gasteiger partial charge in [-0.05, 0) is 31.5 Å². The first kappa shape index (κ1) is 14.2. The summed E-state index contributed by atoms with van der Waals surface area (Å²) in [5.74, 6) is 0. The Morgan fingerprint density at radius 2 is 1.76 bits per heavy atom. The van der Waals surface area contributed by atoms with Crippen LogP contribution >= 0.6 is 0 Å². The lowest BCUT2D eigenvalue weighted by Gasteiger charge is -2.22. The molecule has 1 aromatic rings. The maximum absolute atomic E-state index is 11.6. The summed E-state index contributed by atoms with van der Waals surface area (Å²) in [5, 5.41) is 2.65. The molecule has 0 saturated carbocycles. The smallest absolute Gasteiger partial charge is 0.151 e. The van der Waals surface area contributed by atoms with E-state index >= 15 is 0 Å². The number of benzene rings is 1. The lowest BCUT2D eigenvalue weighted by atomic mass is 10.0. The van der Waals surface area contributed by atoms with E-state index in [0.717, 1.165) is 12.0 Å². The van der Waals surface area contributed by atoms with Crippen LogP contribution in [-0.4, -0.2) is 27.0 Å². The van der Waals surface area contributed by atoms with Crippen LogP contribution in [-0.2, 0) is 16.3 Å². The van der Waals surface area contributed by atoms with Crippen LogP contribution in [0.15, 0.2) is 24.3 Å². The summed E-state index contributed by atoms with van der Waals surface area (Å²) in [5.41, 5.74) is 2.28. The summed E-state index contributed by atoms with van der Waals surface area (Å²) in [6.07, 6.45) is 2.27. The molecule has 96 valence electrons. The van der Waals surface area contributed by atoms with Crippen molar-refractivity contribution in [2.45, 2.75) is 31.6 Å². The van der Waals surface area contributed by atoms with E-state index in [9.17, 15) is 8.42 Å². The van der Waals surface area contributed by atoms with Gasteiger partial charge in [-0.3, -0.25) is 0 Å². The first-order chi connectivity index (χ1) is 7.90. The Bertz CT molecular complexity index is 451. The van der Waals surface area contributed by atoms with Crippen molar-refractivity contribution in [3.8, 4) is 0 Å². The molecular formula is C13H21NO2S. The molecule has 2 unspecified atom stereocenters. The maximum atomic E-state index is 11.6. The van der Waals surface area contributed by atoms with E-state index in [1.165, 1.54) is 11.8 Å². The van der Waals surface area contributed by atoms with Crippen molar-refractivity contribution >= 4 is 9.84 Å². The van der Waals surface area contributed by atoms with Crippen LogP contribution in [0, 0.1) is 0 Å². The molecule has 0 aliphatic carbocycles. The van der Waals surface area contributed by atoms with Gasteiger partial charge in [0.25, 0.3) is 0 Å². The fourth-order valence-electron chi connectivity index (χ4n) is 1.88. The highest BCUT2D eigenvalue weighted by Gasteiger charge is 2.25. The molecule has 0 amide bonds. The minimum Gasteiger partial charge on any atom is -0.312 e. The van der Waals surface area contributed by atoms with Crippen LogP contribution in [0.5, 0.6) is 0 Å². The third-order valence-corrected chi connectivity index (χ3v) is 4.83. The van der Waals surface area contributed by atoms with E-state index in [-0.39, 0.29) is 6.04 Å². The zero-order valence-electron chi connectivity index (χ0n) is 10.9. The molecule has 1 rings (SSSR count). The second-order valence-electron chi connectivity index (χ2n) is 4.40. The van der Waals surface area contributed by atoms with Crippen LogP contribution in [0.25, 0.3) is 0 Å². The molecule has 0 aromatic heterocycles. The summed E-state index contributed by atoms with van der Waals surface area (Å²) >= 11 is 0. The largest absolute Gasteiger partial charge is 0.312 e. The fourth-order valence-corrected chi connectivity index (χ4v) is 2.67. The van der Waals surface area contributed by atoms with Gasteiger partial charge in [-0.1, -0.05) is 31.2 Å². The van der Waals surface area contributed by atoms with Gasteiger partial charge >= 0.3 is 0 Å². The van der Waals surface area contributed by atoms with Crippen molar-refractivity contribution in [2.75, 3.05) is 13.3 Å². The number of nitrogens with one attached hydrogen (secondary N) is 1. The van der Waals surface area contributed by atoms with Gasteiger partial charge in [-0.25, -0.2) is 8.42 Å². The first-order valence-electron chi connectivity index (χ1n) is 5.85. The molecule has 0 fully saturated rings. The maximum Gasteiger partial charge on any atom is 0.151 e. The van der Waals surface area contributed by atoms with Crippen molar-refractivity contribution in [3.63, 3.8) is 0 Å². The summed E-state index contributed by atoms with van der Waals surface area (Å²) < 4.78 is 23.2. The lowest BCUT2D eigenvalue weighted by molar-refractivity contribution is 0.535. The van der Waals surface area contributed by atoms with Gasteiger partial charge in [-0.15, -0.1) is 0 Å². The number of rotatable bonds is 5. The van der Waals surface area contributed by atoms with Crippen LogP contribution in [0.1, 0.15) is 31.0 Å². The number of hydrogen-bond donors (Lipinski definition) is 1. The van der Waals surface area contributed by atoms with Crippen LogP contribution in [0.4, 0.5) is 0 Å². The van der Waals surface area contributed by atoms with Crippen molar-refractivity contribution < 1.29 is 8.42 Å². The molecule has 4 heteroatoms. The van der Waals surface area contributed by atoms with Gasteiger partial charge in [0.2, 0.25) is 0 Å². The van der Waals surface area contributed by atoms with Gasteiger partial charge in [0.05, 0.1) is 5.25 Å². The van der Waals surface area contributed by atoms with Crippen molar-refractivity contribution in [3.05, 3.63) is 35.4 Å². The molecule has 0 aliphatic rings. The minimum atomic E-state index is -3.04. The molecule has 0 spiro atoms. The van der Waals surface area contributed by atoms with Crippen LogP contribution < -0.4 is 5.32 Å². The molecule has 0 radical (unpaired) electrons. The Morgan fingerprint density at radius 3 is 2.12 bits per heavy atom. The predicted molar refractivity (Wildman–Crippen MR) is 71.9 cm³/mol. The molecular weight excluding hydrogens is 234 g/mol. The minimum absolute atomic E-state index is 0.157. The summed E-state index contributed by atoms with van der Waals surface area (Å²) in [7, 11) is -1.25. The van der Waals surface area contributed by atoms with E-state index in [0.29, 0.717) is 0 Å². The zero-order chi connectivity index (χ0) is 13.1. The molecule has 17 heavy (non-hydrogen) atoms. The molecule has 2 atom stereocenters. The monoisotopic (exact) mass is 255 g/mol. The third-order valence-electron chi connectivity index (χ3n) is 3.20. The van der Waals surface area contributed by atoms with E-state index in [2.05, 4.69) is 24.4 Å². The Morgan fingerprint density at radius 1 is 1.24 bits per heavy atom. The Labute approximate surface area is 104 Å². The zero-order valence-corrected chi connectivity index (χ0v) is 11.7. The Hall–Kier alpha value is -0.870. The van der Waals surface area contributed by atoms with Gasteiger partial charge in [-0.2, -0.15) is 0 Å². The van der Waals surface area contributed by atoms with Crippen molar-refractivity contribution in [1.82, 2.24) is 5.32 Å². The number of aryl methyl sites for hydroxylation is 1. The molecule has 3 nitrogen and oxygen atoms in total. The first-order valence-corrected chi connectivity index (χ1v) is 7.80. The highest BCUT2D eigenvalue weighted by molar-refractivity contribution is 7.91. The summed E-state index contributed by atoms with van der Waals surface area (Å²) in [6, 6.07) is 7.95. The van der Waals surface area contributed by atoms with Gasteiger partial charge in [0.1, 0.15) is 0 Å². The van der Waals surface area contributed by atoms with E-state index in [4.69, 9.17) is 0 Å². The van der Waals surface area contributed by atoms with Gasteiger partial charge in [0, 0.05) is 12.3 Å². The van der Waals surface area contributed by atoms with Gasteiger partial charge < -0.3 is 5.32 Å². The van der Waals surface area contributed by atoms with Crippen LogP contribution in [0.2, 0.25) is 0 Å². The highest BCUT2D eigenvalue weighted by Crippen LogP contribution is 2.21. The van der Waals surface area contributed by atoms with Gasteiger partial charge in [0.15, 0.2) is 9.84 Å². The summed E-state index contributed by atoms with van der Waals surface area (Å²) in [4.78, 5) is 0. The molecule has 0 aliphatic heterocycles. The normalized spacial score (nSPS) is 15.5. The van der Waals surface area contributed by atoms with E-state index in [1.54, 1.807) is 14.0 Å². The molecule has 1 N–H and O–H groups in total. The topological polar surface area (TPSA) is 46.2 Å². The fraction of sp³-hybridized carbons (Fsp3) is 0.538. The number of sulfone groups is 1. The quantitative estimate of drug-likeness (QED) is 0.874. The second-order valence-corrected chi connectivity index (χ2v) is 6.80. The average molecular weight is 255 g/mol. The highest BCUT2D eigenvalue weighted by atomic mass is 32.2. The Balaban J connectivity index is 3.01. The lowest BCUT2D eigenvalue weighted by Crippen LogP contribution is -2.32. The molecule has 0 saturated heterocycles.